The molecule has 0 atom stereocenters. The number of carboxylic acid groups (broad SMARTS) is 1. The van der Waals surface area contributed by atoms with Crippen LogP contribution in [0, 0.1) is 11.3 Å². The van der Waals surface area contributed by atoms with Crippen molar-refractivity contribution in [1.82, 2.24) is 0 Å². The van der Waals surface area contributed by atoms with Crippen molar-refractivity contribution in [2.75, 3.05) is 0 Å². The number of carboxylic acids is 1. The Morgan fingerprint density at radius 3 is 2.56 bits per heavy atom. The minimum atomic E-state index is -1.17. The molecular formula is C13H19NO2. The number of nitrogens with zero attached hydrogens (tertiary/aromatic N) is 1. The maximum Gasteiger partial charge on any atom is 0.346 e. The third-order valence-corrected chi connectivity index (χ3v) is 2.22. The molecule has 0 aromatic heterocycles. The summed E-state index contributed by atoms with van der Waals surface area (Å²) in [4.78, 5) is 10.4. The van der Waals surface area contributed by atoms with E-state index >= 15 is 0 Å². The first-order chi connectivity index (χ1) is 7.72. The van der Waals surface area contributed by atoms with E-state index in [-0.39, 0.29) is 5.57 Å². The Labute approximate surface area is 97.1 Å². The molecule has 0 unspecified atom stereocenters. The maximum atomic E-state index is 10.4. The smallest absolute Gasteiger partial charge is 0.346 e. The molecule has 3 heteroatoms. The van der Waals surface area contributed by atoms with Crippen LogP contribution >= 0.6 is 0 Å². The molecule has 0 aromatic carbocycles. The molecule has 0 radical (unpaired) electrons. The first kappa shape index (κ1) is 14.4. The Kier molecular flexibility index (Phi) is 9.00. The molecule has 0 fully saturated rings. The predicted molar refractivity (Wildman–Crippen MR) is 63.8 cm³/mol. The predicted octanol–water partition coefficient (Wildman–Crippen LogP) is 3.44. The Hall–Kier alpha value is -1.56. The van der Waals surface area contributed by atoms with E-state index in [1.165, 1.54) is 31.8 Å². The van der Waals surface area contributed by atoms with Gasteiger partial charge in [-0.25, -0.2) is 4.79 Å². The molecule has 0 saturated heterocycles. The van der Waals surface area contributed by atoms with Crippen molar-refractivity contribution in [1.29, 1.82) is 5.26 Å². The number of allylic oxidation sites excluding steroid dienone is 3. The van der Waals surface area contributed by atoms with E-state index in [4.69, 9.17) is 10.4 Å². The third kappa shape index (κ3) is 7.81. The van der Waals surface area contributed by atoms with Crippen LogP contribution in [-0.2, 0) is 4.79 Å². The Morgan fingerprint density at radius 1 is 1.31 bits per heavy atom. The van der Waals surface area contributed by atoms with Crippen LogP contribution in [0.3, 0.4) is 0 Å². The standard InChI is InChI=1S/C13H19NO2/c1-2-3-4-5-6-7-8-9-10-12(11-14)13(15)16/h8-10H,2-7H2,1H3,(H,15,16)/b9-8+,12-10+. The molecule has 0 aliphatic rings. The highest BCUT2D eigenvalue weighted by Crippen LogP contribution is 2.05. The van der Waals surface area contributed by atoms with Gasteiger partial charge in [0.25, 0.3) is 0 Å². The quantitative estimate of drug-likeness (QED) is 0.295. The number of hydrogen-bond donors (Lipinski definition) is 1. The molecule has 16 heavy (non-hydrogen) atoms. The highest BCUT2D eigenvalue weighted by atomic mass is 16.4. The Bertz CT molecular complexity index is 298. The van der Waals surface area contributed by atoms with Gasteiger partial charge >= 0.3 is 5.97 Å². The van der Waals surface area contributed by atoms with Crippen LogP contribution in [0.1, 0.15) is 45.4 Å². The number of unbranched alkanes of at least 4 members (excludes halogenated alkanes) is 5. The summed E-state index contributed by atoms with van der Waals surface area (Å²) in [5.74, 6) is -1.17. The summed E-state index contributed by atoms with van der Waals surface area (Å²) < 4.78 is 0. The van der Waals surface area contributed by atoms with Gasteiger partial charge in [-0.15, -0.1) is 0 Å². The van der Waals surface area contributed by atoms with Gasteiger partial charge in [0.15, 0.2) is 0 Å². The molecule has 0 rings (SSSR count). The number of nitriles is 1. The van der Waals surface area contributed by atoms with E-state index in [0.717, 1.165) is 12.8 Å². The van der Waals surface area contributed by atoms with Crippen molar-refractivity contribution < 1.29 is 9.90 Å². The zero-order valence-corrected chi connectivity index (χ0v) is 9.78. The van der Waals surface area contributed by atoms with E-state index < -0.39 is 5.97 Å². The van der Waals surface area contributed by atoms with E-state index in [2.05, 4.69) is 6.92 Å². The summed E-state index contributed by atoms with van der Waals surface area (Å²) in [5.41, 5.74) is -0.220. The van der Waals surface area contributed by atoms with Crippen LogP contribution in [0.15, 0.2) is 23.8 Å². The van der Waals surface area contributed by atoms with Crippen LogP contribution in [-0.4, -0.2) is 11.1 Å². The Morgan fingerprint density at radius 2 is 2.00 bits per heavy atom. The normalized spacial score (nSPS) is 11.6. The average Bonchev–Trinajstić information content (AvgIpc) is 2.26. The van der Waals surface area contributed by atoms with E-state index in [9.17, 15) is 4.79 Å². The van der Waals surface area contributed by atoms with Gasteiger partial charge < -0.3 is 5.11 Å². The van der Waals surface area contributed by atoms with Crippen molar-refractivity contribution in [3.05, 3.63) is 23.8 Å². The number of carbonyl (C=O) groups is 1. The molecule has 1 N–H and O–H groups in total. The van der Waals surface area contributed by atoms with Gasteiger partial charge in [0.2, 0.25) is 0 Å². The molecule has 0 aliphatic heterocycles. The van der Waals surface area contributed by atoms with Crippen molar-refractivity contribution in [3.63, 3.8) is 0 Å². The second-order valence-corrected chi connectivity index (χ2v) is 3.63. The van der Waals surface area contributed by atoms with E-state index in [1.807, 2.05) is 6.08 Å². The summed E-state index contributed by atoms with van der Waals surface area (Å²) in [5, 5.41) is 17.0. The van der Waals surface area contributed by atoms with Crippen molar-refractivity contribution in [2.45, 2.75) is 45.4 Å². The number of rotatable bonds is 8. The average molecular weight is 221 g/mol. The molecule has 88 valence electrons. The van der Waals surface area contributed by atoms with E-state index in [0.29, 0.717) is 0 Å². The van der Waals surface area contributed by atoms with E-state index in [1.54, 1.807) is 12.1 Å². The summed E-state index contributed by atoms with van der Waals surface area (Å²) in [6.45, 7) is 2.18. The van der Waals surface area contributed by atoms with Gasteiger partial charge in [-0.1, -0.05) is 44.8 Å². The largest absolute Gasteiger partial charge is 0.477 e. The first-order valence-electron chi connectivity index (χ1n) is 5.72. The van der Waals surface area contributed by atoms with Gasteiger partial charge in [0, 0.05) is 0 Å². The van der Waals surface area contributed by atoms with Crippen LogP contribution in [0.4, 0.5) is 0 Å². The van der Waals surface area contributed by atoms with Gasteiger partial charge in [0.05, 0.1) is 0 Å². The van der Waals surface area contributed by atoms with Crippen LogP contribution in [0.2, 0.25) is 0 Å². The highest BCUT2D eigenvalue weighted by Gasteiger charge is 2.02. The van der Waals surface area contributed by atoms with Gasteiger partial charge in [-0.3, -0.25) is 0 Å². The second kappa shape index (κ2) is 9.97. The highest BCUT2D eigenvalue weighted by molar-refractivity contribution is 5.91. The van der Waals surface area contributed by atoms with Crippen molar-refractivity contribution in [3.8, 4) is 6.07 Å². The van der Waals surface area contributed by atoms with Crippen LogP contribution in [0.5, 0.6) is 0 Å². The minimum Gasteiger partial charge on any atom is -0.477 e. The lowest BCUT2D eigenvalue weighted by atomic mass is 10.1. The molecule has 0 saturated carbocycles. The van der Waals surface area contributed by atoms with Crippen molar-refractivity contribution in [2.24, 2.45) is 0 Å². The minimum absolute atomic E-state index is 0.220. The fourth-order valence-electron chi connectivity index (χ4n) is 1.28. The van der Waals surface area contributed by atoms with Crippen LogP contribution < -0.4 is 0 Å². The molecule has 0 heterocycles. The fraction of sp³-hybridized carbons (Fsp3) is 0.538. The molecule has 0 aromatic rings. The lowest BCUT2D eigenvalue weighted by Gasteiger charge is -1.95. The van der Waals surface area contributed by atoms with Gasteiger partial charge in [-0.2, -0.15) is 5.26 Å². The van der Waals surface area contributed by atoms with Crippen LogP contribution in [0.25, 0.3) is 0 Å². The Balaban J connectivity index is 3.69. The maximum absolute atomic E-state index is 10.4. The summed E-state index contributed by atoms with van der Waals surface area (Å²) in [7, 11) is 0. The molecule has 0 aliphatic carbocycles. The zero-order chi connectivity index (χ0) is 12.2. The number of aliphatic carboxylic acids is 1. The second-order valence-electron chi connectivity index (χ2n) is 3.63. The third-order valence-electron chi connectivity index (χ3n) is 2.22. The number of hydrogen-bond acceptors (Lipinski definition) is 2. The lowest BCUT2D eigenvalue weighted by molar-refractivity contribution is -0.132. The molecule has 0 bridgehead atoms. The molecular weight excluding hydrogens is 202 g/mol. The summed E-state index contributed by atoms with van der Waals surface area (Å²) in [6.07, 6.45) is 12.0. The summed E-state index contributed by atoms with van der Waals surface area (Å²) in [6, 6.07) is 1.63. The molecule has 3 nitrogen and oxygen atoms in total. The first-order valence-corrected chi connectivity index (χ1v) is 5.72. The summed E-state index contributed by atoms with van der Waals surface area (Å²) >= 11 is 0. The monoisotopic (exact) mass is 221 g/mol. The van der Waals surface area contributed by atoms with Crippen molar-refractivity contribution >= 4 is 5.97 Å². The fourth-order valence-corrected chi connectivity index (χ4v) is 1.28. The SMILES string of the molecule is CCCCCCC/C=C/C=C(\C#N)C(=O)O. The topological polar surface area (TPSA) is 61.1 Å². The van der Waals surface area contributed by atoms with Gasteiger partial charge in [-0.05, 0) is 18.9 Å². The van der Waals surface area contributed by atoms with Gasteiger partial charge in [0.1, 0.15) is 11.6 Å². The lowest BCUT2D eigenvalue weighted by Crippen LogP contribution is -1.96. The zero-order valence-electron chi connectivity index (χ0n) is 9.78. The molecule has 0 amide bonds. The molecule has 0 spiro atoms.